The number of methoxy groups -OCH3 is 2. The van der Waals surface area contributed by atoms with Gasteiger partial charge in [-0.15, -0.1) is 15.0 Å². The first-order valence-corrected chi connectivity index (χ1v) is 11.0. The molecule has 1 aromatic carbocycles. The molecule has 0 saturated heterocycles. The van der Waals surface area contributed by atoms with Crippen LogP contribution in [0.5, 0.6) is 11.5 Å². The Hall–Kier alpha value is -5.02. The predicted octanol–water partition coefficient (Wildman–Crippen LogP) is 3.23. The van der Waals surface area contributed by atoms with Gasteiger partial charge in [-0.25, -0.2) is 19.1 Å². The molecule has 0 aliphatic rings. The SMILES string of the molecule is COc1cc(C(=O)c2nn(C(OC(=O)n3ccnc3)C(C)C)nc2C(C)OC(=O)O)c([N+](=O)[O-])cc1OC. The fraction of sp³-hybridized carbons (Fsp3) is 0.364. The lowest BCUT2D eigenvalue weighted by atomic mass is 10.0. The van der Waals surface area contributed by atoms with Crippen LogP contribution in [-0.4, -0.2) is 66.8 Å². The van der Waals surface area contributed by atoms with Crippen LogP contribution >= 0.6 is 0 Å². The minimum atomic E-state index is -1.66. The average Bonchev–Trinajstić information content (AvgIpc) is 3.56. The highest BCUT2D eigenvalue weighted by Gasteiger charge is 2.34. The number of carbonyl (C=O) groups excluding carboxylic acids is 2. The number of benzene rings is 1. The second kappa shape index (κ2) is 11.4. The topological polar surface area (TPSA) is 200 Å². The van der Waals surface area contributed by atoms with E-state index in [-0.39, 0.29) is 17.2 Å². The third-order valence-corrected chi connectivity index (χ3v) is 5.21. The molecular weight excluding hydrogens is 508 g/mol. The molecule has 3 aromatic rings. The molecule has 0 bridgehead atoms. The number of rotatable bonds is 10. The zero-order valence-corrected chi connectivity index (χ0v) is 20.9. The van der Waals surface area contributed by atoms with Gasteiger partial charge in [-0.1, -0.05) is 13.8 Å². The van der Waals surface area contributed by atoms with Crippen LogP contribution in [0, 0.1) is 16.0 Å². The maximum atomic E-state index is 13.6. The molecule has 38 heavy (non-hydrogen) atoms. The molecule has 0 aliphatic carbocycles. The van der Waals surface area contributed by atoms with Crippen LogP contribution in [-0.2, 0) is 9.47 Å². The first-order valence-electron chi connectivity index (χ1n) is 11.0. The maximum Gasteiger partial charge on any atom is 0.506 e. The average molecular weight is 532 g/mol. The Morgan fingerprint density at radius 2 is 1.71 bits per heavy atom. The summed E-state index contributed by atoms with van der Waals surface area (Å²) < 4.78 is 21.6. The summed E-state index contributed by atoms with van der Waals surface area (Å²) in [6.07, 6.45) is -1.02. The normalized spacial score (nSPS) is 12.5. The molecule has 16 heteroatoms. The van der Waals surface area contributed by atoms with Crippen LogP contribution in [0.15, 0.2) is 30.9 Å². The third kappa shape index (κ3) is 5.69. The lowest BCUT2D eigenvalue weighted by Gasteiger charge is -2.20. The number of nitro benzene ring substituents is 1. The van der Waals surface area contributed by atoms with E-state index in [2.05, 4.69) is 15.2 Å². The number of ether oxygens (including phenoxy) is 4. The van der Waals surface area contributed by atoms with Gasteiger partial charge >= 0.3 is 12.2 Å². The second-order valence-electron chi connectivity index (χ2n) is 8.08. The molecule has 0 fully saturated rings. The number of nitrogens with zero attached hydrogens (tertiary/aromatic N) is 6. The zero-order chi connectivity index (χ0) is 28.1. The number of ketones is 1. The van der Waals surface area contributed by atoms with E-state index in [9.17, 15) is 24.5 Å². The van der Waals surface area contributed by atoms with Crippen molar-refractivity contribution in [3.8, 4) is 11.5 Å². The first-order chi connectivity index (χ1) is 18.0. The van der Waals surface area contributed by atoms with Gasteiger partial charge in [0.1, 0.15) is 23.7 Å². The number of hydrogen-bond acceptors (Lipinski definition) is 12. The number of carbonyl (C=O) groups is 3. The summed E-state index contributed by atoms with van der Waals surface area (Å²) in [5.41, 5.74) is -1.77. The van der Waals surface area contributed by atoms with Gasteiger partial charge in [-0.3, -0.25) is 14.9 Å². The standard InChI is InChI=1S/C22H24N6O10/c1-11(2)20(38-21(30)26-7-6-23-10-26)27-24-17(12(3)37-22(31)32)18(25-27)19(29)13-8-15(35-4)16(36-5)9-14(13)28(33)34/h6-12,20H,1-5H3,(H,31,32). The Bertz CT molecular complexity index is 1350. The van der Waals surface area contributed by atoms with Crippen LogP contribution in [0.1, 0.15) is 54.8 Å². The van der Waals surface area contributed by atoms with Crippen molar-refractivity contribution in [1.82, 2.24) is 24.5 Å². The van der Waals surface area contributed by atoms with Gasteiger partial charge in [-0.05, 0) is 6.92 Å². The molecule has 2 heterocycles. The van der Waals surface area contributed by atoms with E-state index in [0.29, 0.717) is 0 Å². The summed E-state index contributed by atoms with van der Waals surface area (Å²) in [7, 11) is 2.55. The Kier molecular flexibility index (Phi) is 8.24. The second-order valence-corrected chi connectivity index (χ2v) is 8.08. The number of nitro groups is 1. The lowest BCUT2D eigenvalue weighted by molar-refractivity contribution is -0.385. The Balaban J connectivity index is 2.15. The van der Waals surface area contributed by atoms with Gasteiger partial charge in [-0.2, -0.15) is 0 Å². The molecule has 0 saturated carbocycles. The van der Waals surface area contributed by atoms with E-state index in [1.54, 1.807) is 13.8 Å². The van der Waals surface area contributed by atoms with Crippen molar-refractivity contribution in [1.29, 1.82) is 0 Å². The molecule has 2 aromatic heterocycles. The minimum Gasteiger partial charge on any atom is -0.493 e. The van der Waals surface area contributed by atoms with Crippen LogP contribution < -0.4 is 9.47 Å². The van der Waals surface area contributed by atoms with Crippen molar-refractivity contribution in [2.45, 2.75) is 33.1 Å². The van der Waals surface area contributed by atoms with Gasteiger partial charge < -0.3 is 24.1 Å². The van der Waals surface area contributed by atoms with Crippen LogP contribution in [0.4, 0.5) is 15.3 Å². The van der Waals surface area contributed by atoms with Crippen molar-refractivity contribution in [2.75, 3.05) is 14.2 Å². The van der Waals surface area contributed by atoms with Crippen molar-refractivity contribution >= 4 is 23.7 Å². The summed E-state index contributed by atoms with van der Waals surface area (Å²) in [4.78, 5) is 53.0. The van der Waals surface area contributed by atoms with Gasteiger partial charge in [0.15, 0.2) is 17.2 Å². The fourth-order valence-corrected chi connectivity index (χ4v) is 3.40. The van der Waals surface area contributed by atoms with Crippen LogP contribution in [0.25, 0.3) is 0 Å². The number of aromatic nitrogens is 5. The molecule has 3 rings (SSSR count). The Morgan fingerprint density at radius 1 is 1.05 bits per heavy atom. The van der Waals surface area contributed by atoms with Crippen molar-refractivity contribution < 1.29 is 43.4 Å². The van der Waals surface area contributed by atoms with Gasteiger partial charge in [0.2, 0.25) is 12.0 Å². The number of carboxylic acid groups (broad SMARTS) is 1. The highest BCUT2D eigenvalue weighted by atomic mass is 16.7. The van der Waals surface area contributed by atoms with E-state index in [1.807, 2.05) is 0 Å². The monoisotopic (exact) mass is 532 g/mol. The molecule has 1 N–H and O–H groups in total. The largest absolute Gasteiger partial charge is 0.506 e. The number of imidazole rings is 1. The highest BCUT2D eigenvalue weighted by molar-refractivity contribution is 6.11. The molecular formula is C22H24N6O10. The van der Waals surface area contributed by atoms with Crippen molar-refractivity contribution in [2.24, 2.45) is 5.92 Å². The fourth-order valence-electron chi connectivity index (χ4n) is 3.40. The number of hydrogen-bond donors (Lipinski definition) is 1. The highest BCUT2D eigenvalue weighted by Crippen LogP contribution is 2.36. The van der Waals surface area contributed by atoms with Crippen molar-refractivity contribution in [3.05, 3.63) is 57.9 Å². The lowest BCUT2D eigenvalue weighted by Crippen LogP contribution is -2.26. The molecule has 0 radical (unpaired) electrons. The van der Waals surface area contributed by atoms with E-state index in [0.717, 1.165) is 21.5 Å². The molecule has 0 aliphatic heterocycles. The molecule has 2 unspecified atom stereocenters. The summed E-state index contributed by atoms with van der Waals surface area (Å²) in [6, 6.07) is 2.11. The molecule has 2 atom stereocenters. The van der Waals surface area contributed by atoms with E-state index >= 15 is 0 Å². The summed E-state index contributed by atoms with van der Waals surface area (Å²) in [5, 5.41) is 29.2. The quantitative estimate of drug-likeness (QED) is 0.173. The Labute approximate surface area is 214 Å². The molecule has 16 nitrogen and oxygen atoms in total. The van der Waals surface area contributed by atoms with Crippen molar-refractivity contribution in [3.63, 3.8) is 0 Å². The van der Waals surface area contributed by atoms with Gasteiger partial charge in [0.25, 0.3) is 5.69 Å². The zero-order valence-electron chi connectivity index (χ0n) is 20.9. The van der Waals surface area contributed by atoms with Crippen LogP contribution in [0.2, 0.25) is 0 Å². The smallest absolute Gasteiger partial charge is 0.493 e. The van der Waals surface area contributed by atoms with E-state index < -0.39 is 58.1 Å². The summed E-state index contributed by atoms with van der Waals surface area (Å²) >= 11 is 0. The molecule has 0 spiro atoms. The maximum absolute atomic E-state index is 13.6. The van der Waals surface area contributed by atoms with Gasteiger partial charge in [0, 0.05) is 24.4 Å². The van der Waals surface area contributed by atoms with Gasteiger partial charge in [0.05, 0.1) is 25.2 Å². The summed E-state index contributed by atoms with van der Waals surface area (Å²) in [5.74, 6) is -1.38. The minimum absolute atomic E-state index is 0.00786. The Morgan fingerprint density at radius 3 is 2.24 bits per heavy atom. The molecule has 0 amide bonds. The molecule has 202 valence electrons. The van der Waals surface area contributed by atoms with E-state index in [1.165, 1.54) is 39.9 Å². The third-order valence-electron chi connectivity index (χ3n) is 5.21. The van der Waals surface area contributed by atoms with E-state index in [4.69, 9.17) is 24.1 Å². The predicted molar refractivity (Wildman–Crippen MR) is 125 cm³/mol. The van der Waals surface area contributed by atoms with Crippen LogP contribution in [0.3, 0.4) is 0 Å². The first kappa shape index (κ1) is 27.6. The summed E-state index contributed by atoms with van der Waals surface area (Å²) in [6.45, 7) is 4.67.